The molecule has 0 aromatic carbocycles. The highest BCUT2D eigenvalue weighted by atomic mass is 16.6. The summed E-state index contributed by atoms with van der Waals surface area (Å²) in [6.07, 6.45) is -9.27. The minimum absolute atomic E-state index is 0.0277. The van der Waals surface area contributed by atoms with Crippen LogP contribution in [-0.2, 0) is 9.53 Å². The summed E-state index contributed by atoms with van der Waals surface area (Å²) in [6, 6.07) is 0. The Balaban J connectivity index is 0.000000400. The molecule has 0 amide bonds. The molecule has 7 atom stereocenters. The predicted octanol–water partition coefficient (Wildman–Crippen LogP) is -4.93. The van der Waals surface area contributed by atoms with Gasteiger partial charge in [-0.3, -0.25) is 0 Å². The lowest BCUT2D eigenvalue weighted by molar-refractivity contribution is -0.286. The fraction of sp³-hybridized carbons (Fsp3) is 0.909. The minimum Gasteiger partial charge on any atom is -0.396 e. The number of aldehydes is 1. The van der Waals surface area contributed by atoms with Crippen LogP contribution in [0.3, 0.4) is 0 Å². The average molecular weight is 314 g/mol. The molecule has 126 valence electrons. The molecule has 10 heteroatoms. The molecule has 0 aromatic rings. The molecule has 1 aliphatic heterocycles. The van der Waals surface area contributed by atoms with Crippen molar-refractivity contribution < 1.29 is 50.4 Å². The highest BCUT2D eigenvalue weighted by Crippen LogP contribution is 2.18. The Morgan fingerprint density at radius 3 is 2.00 bits per heavy atom. The van der Waals surface area contributed by atoms with Crippen molar-refractivity contribution in [3.63, 3.8) is 0 Å². The molecule has 1 rings (SSSR count). The smallest absolute Gasteiger partial charge is 0.184 e. The number of carbonyl (C=O) groups is 1. The number of hydrogen-bond acceptors (Lipinski definition) is 10. The van der Waals surface area contributed by atoms with Gasteiger partial charge in [-0.1, -0.05) is 0 Å². The largest absolute Gasteiger partial charge is 0.396 e. The van der Waals surface area contributed by atoms with Gasteiger partial charge in [0.15, 0.2) is 12.6 Å². The number of ether oxygens (including phenoxy) is 1. The van der Waals surface area contributed by atoms with E-state index in [1.165, 1.54) is 0 Å². The molecule has 1 fully saturated rings. The Hall–Kier alpha value is -0.690. The number of aliphatic hydroxyl groups excluding tert-OH is 8. The van der Waals surface area contributed by atoms with Crippen molar-refractivity contribution >= 4 is 6.29 Å². The van der Waals surface area contributed by atoms with Gasteiger partial charge in [0.25, 0.3) is 0 Å². The van der Waals surface area contributed by atoms with E-state index < -0.39 is 49.5 Å². The van der Waals surface area contributed by atoms with E-state index in [1.54, 1.807) is 0 Å². The van der Waals surface area contributed by atoms with Crippen molar-refractivity contribution in [3.05, 3.63) is 0 Å². The second-order valence-corrected chi connectivity index (χ2v) is 4.43. The van der Waals surface area contributed by atoms with E-state index in [4.69, 9.17) is 40.9 Å². The van der Waals surface area contributed by atoms with Gasteiger partial charge in [-0.05, 0) is 6.42 Å². The Bertz CT molecular complexity index is 283. The molecule has 1 heterocycles. The highest BCUT2D eigenvalue weighted by Gasteiger charge is 2.42. The van der Waals surface area contributed by atoms with Crippen LogP contribution in [0.2, 0.25) is 0 Å². The van der Waals surface area contributed by atoms with Gasteiger partial charge in [-0.2, -0.15) is 0 Å². The fourth-order valence-electron chi connectivity index (χ4n) is 1.48. The Morgan fingerprint density at radius 1 is 1.00 bits per heavy atom. The first kappa shape index (κ1) is 20.3. The number of rotatable bonds is 5. The maximum atomic E-state index is 9.73. The summed E-state index contributed by atoms with van der Waals surface area (Å²) in [6.45, 7) is -0.756. The standard InChI is InChI=1S/C6H12O6.C5H10O4/c7-1-2-3(8)4(9)5(10)6(11)12-2;6-2-1-4(8)5(9)3-7/h2-11H,1H2;3-6,8-9H,1-2H2/t;4-,5-/m.0/s1. The van der Waals surface area contributed by atoms with Crippen molar-refractivity contribution in [1.82, 2.24) is 0 Å². The zero-order chi connectivity index (χ0) is 16.6. The van der Waals surface area contributed by atoms with Gasteiger partial charge < -0.3 is 50.4 Å². The van der Waals surface area contributed by atoms with Crippen LogP contribution >= 0.6 is 0 Å². The van der Waals surface area contributed by atoms with Crippen molar-refractivity contribution in [1.29, 1.82) is 0 Å². The average Bonchev–Trinajstić information content (AvgIpc) is 2.48. The van der Waals surface area contributed by atoms with Crippen LogP contribution in [0.15, 0.2) is 0 Å². The van der Waals surface area contributed by atoms with Crippen molar-refractivity contribution in [2.75, 3.05) is 13.2 Å². The molecular weight excluding hydrogens is 292 g/mol. The van der Waals surface area contributed by atoms with Crippen LogP contribution in [0.4, 0.5) is 0 Å². The minimum atomic E-state index is -1.57. The summed E-state index contributed by atoms with van der Waals surface area (Å²) in [5, 5.41) is 70.1. The highest BCUT2D eigenvalue weighted by molar-refractivity contribution is 5.56. The van der Waals surface area contributed by atoms with E-state index in [-0.39, 0.29) is 19.3 Å². The van der Waals surface area contributed by atoms with E-state index in [0.29, 0.717) is 0 Å². The number of carbonyl (C=O) groups excluding carboxylic acids is 1. The maximum Gasteiger partial charge on any atom is 0.184 e. The SMILES string of the molecule is O=C[C@H](O)[C@@H](O)CCO.OCC1OC(O)C(O)C(O)C1O. The molecule has 10 nitrogen and oxygen atoms in total. The van der Waals surface area contributed by atoms with E-state index in [2.05, 4.69) is 4.74 Å². The molecule has 8 N–H and O–H groups in total. The Labute approximate surface area is 120 Å². The molecule has 1 aliphatic rings. The van der Waals surface area contributed by atoms with Gasteiger partial charge >= 0.3 is 0 Å². The quantitative estimate of drug-likeness (QED) is 0.228. The van der Waals surface area contributed by atoms with Crippen molar-refractivity contribution in [2.45, 2.75) is 49.3 Å². The second-order valence-electron chi connectivity index (χ2n) is 4.43. The summed E-state index contributed by atoms with van der Waals surface area (Å²) >= 11 is 0. The fourth-order valence-corrected chi connectivity index (χ4v) is 1.48. The summed E-state index contributed by atoms with van der Waals surface area (Å²) in [5.41, 5.74) is 0. The maximum absolute atomic E-state index is 9.73. The van der Waals surface area contributed by atoms with E-state index in [0.717, 1.165) is 0 Å². The first-order valence-electron chi connectivity index (χ1n) is 6.21. The topological polar surface area (TPSA) is 188 Å². The van der Waals surface area contributed by atoms with Crippen LogP contribution in [0.5, 0.6) is 0 Å². The molecule has 0 radical (unpaired) electrons. The predicted molar refractivity (Wildman–Crippen MR) is 65.8 cm³/mol. The number of aliphatic hydroxyl groups is 8. The summed E-state index contributed by atoms with van der Waals surface area (Å²) in [7, 11) is 0. The molecule has 0 aromatic heterocycles. The van der Waals surface area contributed by atoms with Crippen molar-refractivity contribution in [3.8, 4) is 0 Å². The molecule has 0 spiro atoms. The van der Waals surface area contributed by atoms with Gasteiger partial charge in [0.2, 0.25) is 0 Å². The van der Waals surface area contributed by atoms with Crippen molar-refractivity contribution in [2.24, 2.45) is 0 Å². The van der Waals surface area contributed by atoms with E-state index in [9.17, 15) is 4.79 Å². The molecular formula is C11H22O10. The summed E-state index contributed by atoms with van der Waals surface area (Å²) in [4.78, 5) is 9.73. The number of hydrogen-bond donors (Lipinski definition) is 8. The summed E-state index contributed by atoms with van der Waals surface area (Å²) in [5.74, 6) is 0. The first-order chi connectivity index (χ1) is 9.79. The van der Waals surface area contributed by atoms with Gasteiger partial charge in [-0.25, -0.2) is 0 Å². The third-order valence-corrected chi connectivity index (χ3v) is 2.83. The lowest BCUT2D eigenvalue weighted by Crippen LogP contribution is -2.58. The third kappa shape index (κ3) is 6.30. The first-order valence-corrected chi connectivity index (χ1v) is 6.21. The second kappa shape index (κ2) is 10.1. The van der Waals surface area contributed by atoms with E-state index >= 15 is 0 Å². The monoisotopic (exact) mass is 314 g/mol. The Morgan fingerprint density at radius 2 is 1.57 bits per heavy atom. The molecule has 0 saturated carbocycles. The molecule has 21 heavy (non-hydrogen) atoms. The van der Waals surface area contributed by atoms with Gasteiger partial charge in [0, 0.05) is 6.61 Å². The van der Waals surface area contributed by atoms with Crippen LogP contribution in [0, 0.1) is 0 Å². The van der Waals surface area contributed by atoms with Crippen LogP contribution in [0.25, 0.3) is 0 Å². The van der Waals surface area contributed by atoms with Crippen LogP contribution in [-0.4, -0.2) is 103 Å². The zero-order valence-corrected chi connectivity index (χ0v) is 11.1. The van der Waals surface area contributed by atoms with Crippen LogP contribution in [0.1, 0.15) is 6.42 Å². The van der Waals surface area contributed by atoms with E-state index in [1.807, 2.05) is 0 Å². The molecule has 0 aliphatic carbocycles. The lowest BCUT2D eigenvalue weighted by Gasteiger charge is -2.37. The van der Waals surface area contributed by atoms with Gasteiger partial charge in [0.1, 0.15) is 30.5 Å². The lowest BCUT2D eigenvalue weighted by atomic mass is 10.00. The van der Waals surface area contributed by atoms with Crippen LogP contribution < -0.4 is 0 Å². The molecule has 1 saturated heterocycles. The summed E-state index contributed by atoms with van der Waals surface area (Å²) < 4.78 is 4.58. The van der Waals surface area contributed by atoms with Gasteiger partial charge in [-0.15, -0.1) is 0 Å². The molecule has 5 unspecified atom stereocenters. The third-order valence-electron chi connectivity index (χ3n) is 2.83. The van der Waals surface area contributed by atoms with Gasteiger partial charge in [0.05, 0.1) is 12.7 Å². The molecule has 0 bridgehead atoms. The Kier molecular flexibility index (Phi) is 9.77. The zero-order valence-electron chi connectivity index (χ0n) is 11.1. The normalized spacial score (nSPS) is 35.3.